The van der Waals surface area contributed by atoms with Gasteiger partial charge in [0.1, 0.15) is 4.90 Å². The van der Waals surface area contributed by atoms with Gasteiger partial charge in [-0.05, 0) is 24.1 Å². The highest BCUT2D eigenvalue weighted by molar-refractivity contribution is 7.90. The summed E-state index contributed by atoms with van der Waals surface area (Å²) in [5, 5.41) is 2.95. The first kappa shape index (κ1) is 12.6. The van der Waals surface area contributed by atoms with Crippen molar-refractivity contribution in [1.29, 1.82) is 0 Å². The average Bonchev–Trinajstić information content (AvgIpc) is 2.35. The van der Waals surface area contributed by atoms with E-state index in [1.54, 1.807) is 18.2 Å². The number of hydrogen-bond acceptors (Lipinski definition) is 3. The summed E-state index contributed by atoms with van der Waals surface area (Å²) in [6, 6.07) is 5.34. The van der Waals surface area contributed by atoms with Crippen LogP contribution in [0, 0.1) is 0 Å². The first-order chi connectivity index (χ1) is 8.56. The van der Waals surface area contributed by atoms with Gasteiger partial charge in [0.05, 0.1) is 12.2 Å². The van der Waals surface area contributed by atoms with Gasteiger partial charge in [-0.1, -0.05) is 19.1 Å². The molecule has 0 saturated carbocycles. The Bertz CT molecular complexity index is 606. The highest BCUT2D eigenvalue weighted by Gasteiger charge is 2.26. The molecule has 0 saturated heterocycles. The lowest BCUT2D eigenvalue weighted by Gasteiger charge is -2.21. The minimum Gasteiger partial charge on any atom is -0.324 e. The Labute approximate surface area is 107 Å². The maximum absolute atomic E-state index is 12.1. The van der Waals surface area contributed by atoms with Gasteiger partial charge in [-0.3, -0.25) is 0 Å². The maximum Gasteiger partial charge on any atom is 0.266 e. The third-order valence-electron chi connectivity index (χ3n) is 2.61. The Morgan fingerprint density at radius 2 is 2.22 bits per heavy atom. The van der Waals surface area contributed by atoms with Crippen LogP contribution in [0.4, 0.5) is 5.69 Å². The summed E-state index contributed by atoms with van der Waals surface area (Å²) in [6.07, 6.45) is 2.39. The molecule has 6 heteroatoms. The van der Waals surface area contributed by atoms with Crippen molar-refractivity contribution in [1.82, 2.24) is 4.72 Å². The molecule has 0 bridgehead atoms. The van der Waals surface area contributed by atoms with Crippen molar-refractivity contribution in [3.63, 3.8) is 0 Å². The lowest BCUT2D eigenvalue weighted by Crippen LogP contribution is -2.40. The first-order valence-electron chi connectivity index (χ1n) is 5.65. The van der Waals surface area contributed by atoms with Crippen LogP contribution in [0.2, 0.25) is 0 Å². The predicted octanol–water partition coefficient (Wildman–Crippen LogP) is 1.49. The van der Waals surface area contributed by atoms with Gasteiger partial charge < -0.3 is 5.32 Å². The van der Waals surface area contributed by atoms with Crippen LogP contribution in [0.15, 0.2) is 40.7 Å². The summed E-state index contributed by atoms with van der Waals surface area (Å²) in [5.41, 5.74) is 1.53. The van der Waals surface area contributed by atoms with Crippen LogP contribution in [0.3, 0.4) is 0 Å². The van der Waals surface area contributed by atoms with E-state index in [-0.39, 0.29) is 10.9 Å². The second kappa shape index (κ2) is 4.81. The molecular formula is C12H15N3O2S. The molecule has 5 nitrogen and oxygen atoms in total. The minimum absolute atomic E-state index is 0.228. The summed E-state index contributed by atoms with van der Waals surface area (Å²) in [4.78, 5) is 4.30. The fourth-order valence-corrected chi connectivity index (χ4v) is 2.87. The van der Waals surface area contributed by atoms with Gasteiger partial charge in [-0.2, -0.15) is 0 Å². The molecule has 1 aliphatic heterocycles. The van der Waals surface area contributed by atoms with Gasteiger partial charge in [0.15, 0.2) is 0 Å². The normalized spacial score (nSPS) is 18.6. The molecule has 0 fully saturated rings. The number of nitrogens with one attached hydrogen (secondary N) is 2. The van der Waals surface area contributed by atoms with Crippen molar-refractivity contribution in [3.05, 3.63) is 36.4 Å². The quantitative estimate of drug-likeness (QED) is 0.814. The monoisotopic (exact) mass is 265 g/mol. The van der Waals surface area contributed by atoms with Gasteiger partial charge >= 0.3 is 0 Å². The van der Waals surface area contributed by atoms with Crippen molar-refractivity contribution < 1.29 is 8.42 Å². The summed E-state index contributed by atoms with van der Waals surface area (Å²) < 4.78 is 26.5. The third kappa shape index (κ3) is 2.38. The first-order valence-corrected chi connectivity index (χ1v) is 7.13. The molecule has 96 valence electrons. The van der Waals surface area contributed by atoms with Crippen LogP contribution < -0.4 is 10.0 Å². The van der Waals surface area contributed by atoms with Crippen LogP contribution in [0.1, 0.15) is 12.5 Å². The Morgan fingerprint density at radius 1 is 1.44 bits per heavy atom. The van der Waals surface area contributed by atoms with Gasteiger partial charge in [0, 0.05) is 0 Å². The molecule has 1 aromatic carbocycles. The number of benzene rings is 1. The number of nitrogens with zero attached hydrogens (tertiary/aromatic N) is 1. The molecule has 0 amide bonds. The largest absolute Gasteiger partial charge is 0.324 e. The zero-order chi connectivity index (χ0) is 13.2. The second-order valence-electron chi connectivity index (χ2n) is 3.89. The van der Waals surface area contributed by atoms with E-state index in [1.807, 2.05) is 13.0 Å². The molecule has 0 radical (unpaired) electrons. The molecule has 18 heavy (non-hydrogen) atoms. The number of sulfonamides is 1. The molecule has 1 heterocycles. The van der Waals surface area contributed by atoms with Crippen LogP contribution in [-0.4, -0.2) is 20.9 Å². The summed E-state index contributed by atoms with van der Waals surface area (Å²) >= 11 is 0. The molecular weight excluding hydrogens is 250 g/mol. The topological polar surface area (TPSA) is 70.6 Å². The third-order valence-corrected chi connectivity index (χ3v) is 3.99. The summed E-state index contributed by atoms with van der Waals surface area (Å²) in [6.45, 7) is 5.87. The highest BCUT2D eigenvalue weighted by atomic mass is 32.2. The molecule has 0 atom stereocenters. The van der Waals surface area contributed by atoms with Crippen molar-refractivity contribution in [2.45, 2.75) is 18.2 Å². The lowest BCUT2D eigenvalue weighted by atomic mass is 10.1. The Morgan fingerprint density at radius 3 is 2.89 bits per heavy atom. The Hall–Kier alpha value is -1.82. The number of rotatable bonds is 3. The number of anilines is 1. The van der Waals surface area contributed by atoms with Crippen LogP contribution in [0.25, 0.3) is 0 Å². The fourth-order valence-electron chi connectivity index (χ4n) is 1.68. The van der Waals surface area contributed by atoms with E-state index in [9.17, 15) is 8.42 Å². The minimum atomic E-state index is -3.53. The van der Waals surface area contributed by atoms with Gasteiger partial charge in [0.25, 0.3) is 10.0 Å². The number of fused-ring (bicyclic) bond motifs is 1. The average molecular weight is 265 g/mol. The summed E-state index contributed by atoms with van der Waals surface area (Å²) in [5.74, 6) is 0.228. The summed E-state index contributed by atoms with van der Waals surface area (Å²) in [7, 11) is -3.53. The lowest BCUT2D eigenvalue weighted by molar-refractivity contribution is 0.591. The number of aryl methyl sites for hydroxylation is 1. The van der Waals surface area contributed by atoms with Gasteiger partial charge in [0.2, 0.25) is 5.96 Å². The predicted molar refractivity (Wildman–Crippen MR) is 72.3 cm³/mol. The number of guanidine groups is 1. The van der Waals surface area contributed by atoms with E-state index < -0.39 is 10.0 Å². The molecule has 1 aliphatic rings. The molecule has 2 N–H and O–H groups in total. The molecule has 0 spiro atoms. The zero-order valence-corrected chi connectivity index (χ0v) is 10.9. The van der Waals surface area contributed by atoms with Gasteiger partial charge in [-0.15, -0.1) is 6.58 Å². The number of hydrogen-bond donors (Lipinski definition) is 2. The Kier molecular flexibility index (Phi) is 3.38. The molecule has 0 aromatic heterocycles. The number of aliphatic imine (C=N–C) groups is 1. The Balaban J connectivity index is 2.46. The van der Waals surface area contributed by atoms with Crippen molar-refractivity contribution in [2.24, 2.45) is 4.99 Å². The van der Waals surface area contributed by atoms with E-state index in [4.69, 9.17) is 0 Å². The van der Waals surface area contributed by atoms with E-state index in [1.165, 1.54) is 0 Å². The van der Waals surface area contributed by atoms with E-state index in [0.29, 0.717) is 12.2 Å². The second-order valence-corrected chi connectivity index (χ2v) is 5.54. The standard InChI is InChI=1S/C12H15N3O2S/c1-3-7-13-12-14-10-6-5-9(4-2)8-11(10)18(16,17)15-12/h3,5-6,8H,1,4,7H2,2H3,(H2,13,14,15). The van der Waals surface area contributed by atoms with Crippen molar-refractivity contribution in [2.75, 3.05) is 11.9 Å². The molecule has 0 aliphatic carbocycles. The zero-order valence-electron chi connectivity index (χ0n) is 10.1. The molecule has 0 unspecified atom stereocenters. The maximum atomic E-state index is 12.1. The SMILES string of the molecule is C=CCN=C1Nc2ccc(CC)cc2S(=O)(=O)N1. The van der Waals surface area contributed by atoms with E-state index in [0.717, 1.165) is 12.0 Å². The molecule has 1 aromatic rings. The van der Waals surface area contributed by atoms with Crippen LogP contribution in [0.5, 0.6) is 0 Å². The fraction of sp³-hybridized carbons (Fsp3) is 0.250. The smallest absolute Gasteiger partial charge is 0.266 e. The van der Waals surface area contributed by atoms with Crippen molar-refractivity contribution >= 4 is 21.7 Å². The van der Waals surface area contributed by atoms with E-state index >= 15 is 0 Å². The van der Waals surface area contributed by atoms with Crippen LogP contribution >= 0.6 is 0 Å². The van der Waals surface area contributed by atoms with Gasteiger partial charge in [-0.25, -0.2) is 18.1 Å². The molecule has 2 rings (SSSR count). The van der Waals surface area contributed by atoms with Crippen LogP contribution in [-0.2, 0) is 16.4 Å². The van der Waals surface area contributed by atoms with E-state index in [2.05, 4.69) is 21.6 Å². The van der Waals surface area contributed by atoms with Crippen molar-refractivity contribution in [3.8, 4) is 0 Å². The highest BCUT2D eigenvalue weighted by Crippen LogP contribution is 2.25.